The lowest BCUT2D eigenvalue weighted by Gasteiger charge is -2.17. The Kier molecular flexibility index (Phi) is 3.71. The minimum absolute atomic E-state index is 0.143. The molecule has 0 aromatic heterocycles. The van der Waals surface area contributed by atoms with Crippen LogP contribution in [0.25, 0.3) is 0 Å². The van der Waals surface area contributed by atoms with Crippen LogP contribution in [-0.4, -0.2) is 26.2 Å². The van der Waals surface area contributed by atoms with E-state index in [1.807, 2.05) is 0 Å². The number of ether oxygens (including phenoxy) is 1. The number of amides is 1. The standard InChI is InChI=1S/C15H21NO2/c1-11-8-12(2)10-13(9-11)15(4-5-15)14(17)16-6-7-18-3/h8-10H,4-7H2,1-3H3,(H,16,17). The fourth-order valence-electron chi connectivity index (χ4n) is 2.46. The summed E-state index contributed by atoms with van der Waals surface area (Å²) >= 11 is 0. The number of hydrogen-bond acceptors (Lipinski definition) is 2. The molecule has 1 saturated carbocycles. The van der Waals surface area contributed by atoms with Gasteiger partial charge in [0.05, 0.1) is 12.0 Å². The molecule has 0 aliphatic heterocycles. The third-order valence-corrected chi connectivity index (χ3v) is 3.55. The largest absolute Gasteiger partial charge is 0.383 e. The first-order valence-corrected chi connectivity index (χ1v) is 6.44. The van der Waals surface area contributed by atoms with E-state index in [4.69, 9.17) is 4.74 Å². The summed E-state index contributed by atoms with van der Waals surface area (Å²) in [4.78, 5) is 12.3. The maximum absolute atomic E-state index is 12.3. The molecule has 0 saturated heterocycles. The van der Waals surface area contributed by atoms with E-state index >= 15 is 0 Å². The monoisotopic (exact) mass is 247 g/mol. The predicted octanol–water partition coefficient (Wildman–Crippen LogP) is 2.10. The molecular weight excluding hydrogens is 226 g/mol. The fourth-order valence-corrected chi connectivity index (χ4v) is 2.46. The van der Waals surface area contributed by atoms with Crippen LogP contribution in [0.2, 0.25) is 0 Å². The van der Waals surface area contributed by atoms with Gasteiger partial charge in [-0.25, -0.2) is 0 Å². The summed E-state index contributed by atoms with van der Waals surface area (Å²) in [6, 6.07) is 6.41. The molecule has 18 heavy (non-hydrogen) atoms. The molecule has 1 amide bonds. The van der Waals surface area contributed by atoms with Crippen LogP contribution in [-0.2, 0) is 14.9 Å². The summed E-state index contributed by atoms with van der Waals surface area (Å²) in [5, 5.41) is 2.96. The lowest BCUT2D eigenvalue weighted by Crippen LogP contribution is -2.36. The zero-order chi connectivity index (χ0) is 13.2. The summed E-state index contributed by atoms with van der Waals surface area (Å²) in [7, 11) is 1.64. The van der Waals surface area contributed by atoms with Crippen LogP contribution in [0.1, 0.15) is 29.5 Å². The van der Waals surface area contributed by atoms with E-state index in [-0.39, 0.29) is 11.3 Å². The minimum Gasteiger partial charge on any atom is -0.383 e. The normalized spacial score (nSPS) is 16.4. The second-order valence-electron chi connectivity index (χ2n) is 5.21. The first-order valence-electron chi connectivity index (χ1n) is 6.44. The van der Waals surface area contributed by atoms with E-state index < -0.39 is 0 Å². The number of aryl methyl sites for hydroxylation is 2. The van der Waals surface area contributed by atoms with E-state index in [0.717, 1.165) is 18.4 Å². The fraction of sp³-hybridized carbons (Fsp3) is 0.533. The Morgan fingerprint density at radius 2 is 1.89 bits per heavy atom. The van der Waals surface area contributed by atoms with Gasteiger partial charge in [-0.15, -0.1) is 0 Å². The van der Waals surface area contributed by atoms with Gasteiger partial charge < -0.3 is 10.1 Å². The molecule has 0 atom stereocenters. The van der Waals surface area contributed by atoms with Crippen LogP contribution in [0.4, 0.5) is 0 Å². The predicted molar refractivity (Wildman–Crippen MR) is 71.7 cm³/mol. The highest BCUT2D eigenvalue weighted by molar-refractivity contribution is 5.91. The molecule has 0 spiro atoms. The molecule has 0 heterocycles. The number of benzene rings is 1. The van der Waals surface area contributed by atoms with Crippen molar-refractivity contribution >= 4 is 5.91 Å². The molecule has 3 heteroatoms. The maximum Gasteiger partial charge on any atom is 0.230 e. The minimum atomic E-state index is -0.273. The second kappa shape index (κ2) is 5.11. The van der Waals surface area contributed by atoms with Gasteiger partial charge in [0.15, 0.2) is 0 Å². The summed E-state index contributed by atoms with van der Waals surface area (Å²) in [5.74, 6) is 0.143. The van der Waals surface area contributed by atoms with E-state index in [9.17, 15) is 4.79 Å². The second-order valence-corrected chi connectivity index (χ2v) is 5.21. The van der Waals surface area contributed by atoms with Crippen LogP contribution < -0.4 is 5.32 Å². The number of carbonyl (C=O) groups excluding carboxylic acids is 1. The Morgan fingerprint density at radius 3 is 2.39 bits per heavy atom. The van der Waals surface area contributed by atoms with Crippen molar-refractivity contribution in [3.63, 3.8) is 0 Å². The third-order valence-electron chi connectivity index (χ3n) is 3.55. The maximum atomic E-state index is 12.3. The lowest BCUT2D eigenvalue weighted by molar-refractivity contribution is -0.123. The molecule has 0 unspecified atom stereocenters. The van der Waals surface area contributed by atoms with Crippen molar-refractivity contribution in [3.8, 4) is 0 Å². The highest BCUT2D eigenvalue weighted by Gasteiger charge is 2.51. The van der Waals surface area contributed by atoms with Crippen molar-refractivity contribution in [3.05, 3.63) is 34.9 Å². The van der Waals surface area contributed by atoms with E-state index in [0.29, 0.717) is 13.2 Å². The Bertz CT molecular complexity index is 430. The number of methoxy groups -OCH3 is 1. The van der Waals surface area contributed by atoms with Crippen molar-refractivity contribution in [2.45, 2.75) is 32.1 Å². The first kappa shape index (κ1) is 13.1. The number of carbonyl (C=O) groups is 1. The van der Waals surface area contributed by atoms with Crippen LogP contribution in [0, 0.1) is 13.8 Å². The quantitative estimate of drug-likeness (QED) is 0.809. The molecule has 0 radical (unpaired) electrons. The average molecular weight is 247 g/mol. The molecule has 2 rings (SSSR count). The highest BCUT2D eigenvalue weighted by atomic mass is 16.5. The molecule has 98 valence electrons. The summed E-state index contributed by atoms with van der Waals surface area (Å²) in [6.45, 7) is 5.31. The summed E-state index contributed by atoms with van der Waals surface area (Å²) in [5.41, 5.74) is 3.33. The molecule has 1 N–H and O–H groups in total. The average Bonchev–Trinajstić information content (AvgIpc) is 3.09. The van der Waals surface area contributed by atoms with Crippen molar-refractivity contribution in [2.24, 2.45) is 0 Å². The Balaban J connectivity index is 2.13. The number of nitrogens with one attached hydrogen (secondary N) is 1. The Morgan fingerprint density at radius 1 is 1.28 bits per heavy atom. The first-order chi connectivity index (χ1) is 8.58. The Labute approximate surface area is 109 Å². The van der Waals surface area contributed by atoms with Gasteiger partial charge in [-0.05, 0) is 32.3 Å². The van der Waals surface area contributed by atoms with Gasteiger partial charge in [-0.3, -0.25) is 4.79 Å². The topological polar surface area (TPSA) is 38.3 Å². The molecule has 1 aromatic carbocycles. The molecule has 3 nitrogen and oxygen atoms in total. The molecule has 1 aromatic rings. The molecule has 0 bridgehead atoms. The van der Waals surface area contributed by atoms with Gasteiger partial charge in [0.1, 0.15) is 0 Å². The summed E-state index contributed by atoms with van der Waals surface area (Å²) in [6.07, 6.45) is 1.91. The van der Waals surface area contributed by atoms with Gasteiger partial charge >= 0.3 is 0 Å². The van der Waals surface area contributed by atoms with E-state index in [1.165, 1.54) is 11.1 Å². The SMILES string of the molecule is COCCNC(=O)C1(c2cc(C)cc(C)c2)CC1. The van der Waals surface area contributed by atoms with Crippen LogP contribution in [0.5, 0.6) is 0 Å². The van der Waals surface area contributed by atoms with Crippen LogP contribution >= 0.6 is 0 Å². The van der Waals surface area contributed by atoms with Gasteiger partial charge in [0.25, 0.3) is 0 Å². The molecular formula is C15H21NO2. The van der Waals surface area contributed by atoms with Crippen molar-refractivity contribution in [1.82, 2.24) is 5.32 Å². The van der Waals surface area contributed by atoms with Gasteiger partial charge in [0.2, 0.25) is 5.91 Å². The summed E-state index contributed by atoms with van der Waals surface area (Å²) < 4.78 is 4.95. The van der Waals surface area contributed by atoms with Gasteiger partial charge in [-0.1, -0.05) is 29.3 Å². The van der Waals surface area contributed by atoms with Crippen molar-refractivity contribution in [2.75, 3.05) is 20.3 Å². The molecule has 1 fully saturated rings. The number of hydrogen-bond donors (Lipinski definition) is 1. The van der Waals surface area contributed by atoms with Crippen LogP contribution in [0.3, 0.4) is 0 Å². The lowest BCUT2D eigenvalue weighted by atomic mass is 9.92. The molecule has 1 aliphatic rings. The van der Waals surface area contributed by atoms with Crippen molar-refractivity contribution in [1.29, 1.82) is 0 Å². The zero-order valence-electron chi connectivity index (χ0n) is 11.4. The van der Waals surface area contributed by atoms with E-state index in [2.05, 4.69) is 37.4 Å². The van der Waals surface area contributed by atoms with Crippen molar-refractivity contribution < 1.29 is 9.53 Å². The smallest absolute Gasteiger partial charge is 0.230 e. The highest BCUT2D eigenvalue weighted by Crippen LogP contribution is 2.48. The zero-order valence-corrected chi connectivity index (χ0v) is 11.4. The van der Waals surface area contributed by atoms with Gasteiger partial charge in [0, 0.05) is 13.7 Å². The molecule has 1 aliphatic carbocycles. The number of rotatable bonds is 5. The third kappa shape index (κ3) is 2.56. The van der Waals surface area contributed by atoms with Crippen LogP contribution in [0.15, 0.2) is 18.2 Å². The Hall–Kier alpha value is -1.35. The van der Waals surface area contributed by atoms with Gasteiger partial charge in [-0.2, -0.15) is 0 Å². The van der Waals surface area contributed by atoms with E-state index in [1.54, 1.807) is 7.11 Å².